The fourth-order valence-electron chi connectivity index (χ4n) is 3.17. The number of halogens is 3. The van der Waals surface area contributed by atoms with Crippen molar-refractivity contribution in [1.82, 2.24) is 4.98 Å². The number of nitrogens with zero attached hydrogens (tertiary/aromatic N) is 1. The molecule has 0 radical (unpaired) electrons. The molecule has 1 aromatic heterocycles. The zero-order valence-electron chi connectivity index (χ0n) is 15.2. The number of H-pyrrole nitrogens is 1. The first-order valence-corrected chi connectivity index (χ1v) is 10.4. The van der Waals surface area contributed by atoms with Crippen molar-refractivity contribution in [2.75, 3.05) is 30.9 Å². The minimum atomic E-state index is -4.80. The van der Waals surface area contributed by atoms with Crippen LogP contribution >= 0.6 is 0 Å². The second kappa shape index (κ2) is 7.25. The van der Waals surface area contributed by atoms with Gasteiger partial charge in [-0.2, -0.15) is 13.2 Å². The molecular weight excluding hydrogens is 397 g/mol. The van der Waals surface area contributed by atoms with Gasteiger partial charge in [0.15, 0.2) is 9.84 Å². The fourth-order valence-corrected chi connectivity index (χ4v) is 3.82. The van der Waals surface area contributed by atoms with Crippen molar-refractivity contribution in [1.29, 1.82) is 0 Å². The molecule has 2 heterocycles. The molecule has 1 aliphatic heterocycles. The van der Waals surface area contributed by atoms with Gasteiger partial charge >= 0.3 is 6.18 Å². The zero-order chi connectivity index (χ0) is 20.7. The van der Waals surface area contributed by atoms with Gasteiger partial charge in [0.25, 0.3) is 0 Å². The Labute approximate surface area is 159 Å². The minimum absolute atomic E-state index is 0.0337. The van der Waals surface area contributed by atoms with Crippen LogP contribution in [0, 0.1) is 0 Å². The molecule has 1 unspecified atom stereocenters. The van der Waals surface area contributed by atoms with Crippen LogP contribution in [0.1, 0.15) is 12.5 Å². The Balaban J connectivity index is 2.17. The normalized spacial score (nSPS) is 18.3. The highest BCUT2D eigenvalue weighted by molar-refractivity contribution is 7.90. The maximum Gasteiger partial charge on any atom is 0.417 e. The third-order valence-electron chi connectivity index (χ3n) is 4.54. The van der Waals surface area contributed by atoms with Gasteiger partial charge in [0.2, 0.25) is 5.56 Å². The molecule has 1 atom stereocenters. The average Bonchev–Trinajstić information content (AvgIpc) is 2.59. The number of hydrogen-bond donors (Lipinski definition) is 1. The van der Waals surface area contributed by atoms with Crippen LogP contribution in [0.3, 0.4) is 0 Å². The van der Waals surface area contributed by atoms with Gasteiger partial charge in [0.05, 0.1) is 29.4 Å². The molecule has 1 aromatic carbocycles. The molecule has 0 bridgehead atoms. The average molecular weight is 416 g/mol. The molecule has 0 amide bonds. The first-order chi connectivity index (χ1) is 13.0. The van der Waals surface area contributed by atoms with E-state index in [1.165, 1.54) is 12.1 Å². The number of pyridine rings is 1. The monoisotopic (exact) mass is 416 g/mol. The first-order valence-electron chi connectivity index (χ1n) is 8.47. The molecule has 6 nitrogen and oxygen atoms in total. The maximum absolute atomic E-state index is 13.6. The SMILES string of the molecule is CC1COCCN1c1cc(-c2ccc(S(C)(=O)=O)cc2C(F)(F)F)[nH]c(=O)c1. The Morgan fingerprint density at radius 2 is 1.93 bits per heavy atom. The molecule has 1 N–H and O–H groups in total. The van der Waals surface area contributed by atoms with E-state index in [9.17, 15) is 26.4 Å². The van der Waals surface area contributed by atoms with Crippen LogP contribution in [-0.2, 0) is 20.8 Å². The molecule has 0 saturated carbocycles. The number of sulfone groups is 1. The van der Waals surface area contributed by atoms with Crippen molar-refractivity contribution in [3.8, 4) is 11.3 Å². The number of ether oxygens (including phenoxy) is 1. The summed E-state index contributed by atoms with van der Waals surface area (Å²) in [4.78, 5) is 16.0. The Bertz CT molecular complexity index is 1050. The highest BCUT2D eigenvalue weighted by Crippen LogP contribution is 2.38. The van der Waals surface area contributed by atoms with Gasteiger partial charge in [-0.3, -0.25) is 4.79 Å². The second-order valence-electron chi connectivity index (χ2n) is 6.71. The topological polar surface area (TPSA) is 79.5 Å². The van der Waals surface area contributed by atoms with Gasteiger partial charge in [-0.05, 0) is 25.1 Å². The van der Waals surface area contributed by atoms with E-state index in [1.54, 1.807) is 0 Å². The Kier molecular flexibility index (Phi) is 5.28. The van der Waals surface area contributed by atoms with Gasteiger partial charge in [0.1, 0.15) is 0 Å². The van der Waals surface area contributed by atoms with Crippen LogP contribution in [0.5, 0.6) is 0 Å². The second-order valence-corrected chi connectivity index (χ2v) is 8.73. The van der Waals surface area contributed by atoms with Crippen molar-refractivity contribution in [3.05, 3.63) is 46.2 Å². The number of morpholine rings is 1. The lowest BCUT2D eigenvalue weighted by molar-refractivity contribution is -0.137. The molecule has 152 valence electrons. The van der Waals surface area contributed by atoms with Crippen molar-refractivity contribution < 1.29 is 26.3 Å². The molecule has 1 aliphatic rings. The molecule has 0 spiro atoms. The van der Waals surface area contributed by atoms with E-state index in [0.717, 1.165) is 18.4 Å². The summed E-state index contributed by atoms with van der Waals surface area (Å²) in [6.45, 7) is 3.29. The number of hydrogen-bond acceptors (Lipinski definition) is 5. The molecule has 0 aliphatic carbocycles. The quantitative estimate of drug-likeness (QED) is 0.832. The van der Waals surface area contributed by atoms with Crippen LogP contribution in [0.15, 0.2) is 40.0 Å². The van der Waals surface area contributed by atoms with E-state index in [-0.39, 0.29) is 17.3 Å². The maximum atomic E-state index is 13.6. The minimum Gasteiger partial charge on any atom is -0.377 e. The number of benzene rings is 1. The fraction of sp³-hybridized carbons (Fsp3) is 0.389. The van der Waals surface area contributed by atoms with Crippen LogP contribution in [0.25, 0.3) is 11.3 Å². The van der Waals surface area contributed by atoms with Gasteiger partial charge in [-0.25, -0.2) is 8.42 Å². The summed E-state index contributed by atoms with van der Waals surface area (Å²) >= 11 is 0. The first kappa shape index (κ1) is 20.4. The summed E-state index contributed by atoms with van der Waals surface area (Å²) in [6, 6.07) is 5.50. The van der Waals surface area contributed by atoms with E-state index in [0.29, 0.717) is 31.5 Å². The third-order valence-corrected chi connectivity index (χ3v) is 5.65. The number of aromatic amines is 1. The standard InChI is InChI=1S/C18H19F3N2O4S/c1-11-10-27-6-5-23(11)12-7-16(22-17(24)8-12)14-4-3-13(28(2,25)26)9-15(14)18(19,20)21/h3-4,7-9,11H,5-6,10H2,1-2H3,(H,22,24). The summed E-state index contributed by atoms with van der Waals surface area (Å²) in [5.41, 5.74) is -1.52. The van der Waals surface area contributed by atoms with Crippen molar-refractivity contribution >= 4 is 15.5 Å². The number of aromatic nitrogens is 1. The van der Waals surface area contributed by atoms with E-state index < -0.39 is 32.0 Å². The van der Waals surface area contributed by atoms with E-state index in [4.69, 9.17) is 4.74 Å². The number of anilines is 1. The summed E-state index contributed by atoms with van der Waals surface area (Å²) in [5.74, 6) is 0. The lowest BCUT2D eigenvalue weighted by Gasteiger charge is -2.35. The van der Waals surface area contributed by atoms with Gasteiger partial charge in [-0.15, -0.1) is 0 Å². The lowest BCUT2D eigenvalue weighted by atomic mass is 10.0. The van der Waals surface area contributed by atoms with Crippen LogP contribution in [0.4, 0.5) is 18.9 Å². The molecule has 1 saturated heterocycles. The molecule has 1 fully saturated rings. The van der Waals surface area contributed by atoms with E-state index in [1.807, 2.05) is 11.8 Å². The zero-order valence-corrected chi connectivity index (χ0v) is 16.0. The Morgan fingerprint density at radius 3 is 2.54 bits per heavy atom. The van der Waals surface area contributed by atoms with Crippen LogP contribution in [-0.4, -0.2) is 45.5 Å². The number of rotatable bonds is 3. The predicted octanol–water partition coefficient (Wildman–Crippen LogP) is 2.69. The molecule has 2 aromatic rings. The van der Waals surface area contributed by atoms with E-state index in [2.05, 4.69) is 4.98 Å². The van der Waals surface area contributed by atoms with Crippen molar-refractivity contribution in [3.63, 3.8) is 0 Å². The number of nitrogens with one attached hydrogen (secondary N) is 1. The Hall–Kier alpha value is -2.33. The van der Waals surface area contributed by atoms with Crippen molar-refractivity contribution in [2.45, 2.75) is 24.0 Å². The summed E-state index contributed by atoms with van der Waals surface area (Å²) in [6.07, 6.45) is -3.96. The molecular formula is C18H19F3N2O4S. The number of alkyl halides is 3. The van der Waals surface area contributed by atoms with Crippen molar-refractivity contribution in [2.24, 2.45) is 0 Å². The third kappa shape index (κ3) is 4.22. The highest BCUT2D eigenvalue weighted by atomic mass is 32.2. The summed E-state index contributed by atoms with van der Waals surface area (Å²) in [5, 5.41) is 0. The molecule has 10 heteroatoms. The largest absolute Gasteiger partial charge is 0.417 e. The summed E-state index contributed by atoms with van der Waals surface area (Å²) in [7, 11) is -3.82. The van der Waals surface area contributed by atoms with Gasteiger partial charge in [-0.1, -0.05) is 6.07 Å². The lowest BCUT2D eigenvalue weighted by Crippen LogP contribution is -2.44. The highest BCUT2D eigenvalue weighted by Gasteiger charge is 2.35. The van der Waals surface area contributed by atoms with Gasteiger partial charge < -0.3 is 14.6 Å². The molecule has 3 rings (SSSR count). The smallest absolute Gasteiger partial charge is 0.377 e. The predicted molar refractivity (Wildman–Crippen MR) is 98.2 cm³/mol. The van der Waals surface area contributed by atoms with E-state index >= 15 is 0 Å². The van der Waals surface area contributed by atoms with Gasteiger partial charge in [0, 0.05) is 36.2 Å². The summed E-state index contributed by atoms with van der Waals surface area (Å²) < 4.78 is 69.5. The van der Waals surface area contributed by atoms with Crippen LogP contribution < -0.4 is 10.5 Å². The van der Waals surface area contributed by atoms with Crippen LogP contribution in [0.2, 0.25) is 0 Å². The Morgan fingerprint density at radius 1 is 1.21 bits per heavy atom. The molecule has 28 heavy (non-hydrogen) atoms.